The van der Waals surface area contributed by atoms with E-state index in [1.54, 1.807) is 38.3 Å². The highest BCUT2D eigenvalue weighted by molar-refractivity contribution is 7.71. The molecule has 0 aliphatic carbocycles. The number of ether oxygens (including phenoxy) is 4. The van der Waals surface area contributed by atoms with Gasteiger partial charge < -0.3 is 18.9 Å². The number of H-pyrrole nitrogens is 1. The van der Waals surface area contributed by atoms with Crippen LogP contribution in [0, 0.1) is 4.77 Å². The molecular formula is C25H24N4O4S. The van der Waals surface area contributed by atoms with Crippen molar-refractivity contribution in [3.63, 3.8) is 0 Å². The first-order chi connectivity index (χ1) is 16.6. The van der Waals surface area contributed by atoms with E-state index in [9.17, 15) is 0 Å². The molecule has 0 radical (unpaired) electrons. The van der Waals surface area contributed by atoms with E-state index in [1.165, 1.54) is 0 Å². The number of hydrogen-bond acceptors (Lipinski definition) is 7. The summed E-state index contributed by atoms with van der Waals surface area (Å²) in [5.41, 5.74) is 2.64. The Labute approximate surface area is 202 Å². The molecule has 0 bridgehead atoms. The zero-order valence-electron chi connectivity index (χ0n) is 19.0. The van der Waals surface area contributed by atoms with Crippen molar-refractivity contribution < 1.29 is 18.9 Å². The normalized spacial score (nSPS) is 10.9. The molecule has 9 heteroatoms. The first kappa shape index (κ1) is 23.1. The van der Waals surface area contributed by atoms with Gasteiger partial charge in [0.2, 0.25) is 4.77 Å². The summed E-state index contributed by atoms with van der Waals surface area (Å²) in [6, 6.07) is 21.0. The molecular weight excluding hydrogens is 452 g/mol. The predicted molar refractivity (Wildman–Crippen MR) is 133 cm³/mol. The largest absolute Gasteiger partial charge is 0.493 e. The summed E-state index contributed by atoms with van der Waals surface area (Å²) in [4.78, 5) is 0. The predicted octanol–water partition coefficient (Wildman–Crippen LogP) is 5.09. The van der Waals surface area contributed by atoms with Crippen molar-refractivity contribution in [2.75, 3.05) is 21.3 Å². The van der Waals surface area contributed by atoms with Crippen LogP contribution in [-0.4, -0.2) is 42.4 Å². The van der Waals surface area contributed by atoms with Crippen LogP contribution in [0.4, 0.5) is 0 Å². The standard InChI is InChI=1S/C25H24N4O4S/c1-30-20-12-10-19(14-22(20)32-3)24-27-28-25(34)29(24)26-15-18-9-11-21(31-2)23(13-18)33-16-17-7-5-4-6-8-17/h4-15H,16H2,1-3H3,(H,28,34)/b26-15+. The van der Waals surface area contributed by atoms with Crippen LogP contribution in [0.25, 0.3) is 11.4 Å². The minimum absolute atomic E-state index is 0.357. The van der Waals surface area contributed by atoms with Gasteiger partial charge in [0.25, 0.3) is 0 Å². The molecule has 1 N–H and O–H groups in total. The summed E-state index contributed by atoms with van der Waals surface area (Å²) in [7, 11) is 4.78. The molecule has 4 rings (SSSR count). The van der Waals surface area contributed by atoms with Crippen LogP contribution < -0.4 is 18.9 Å². The van der Waals surface area contributed by atoms with Gasteiger partial charge in [-0.3, -0.25) is 0 Å². The third-order valence-electron chi connectivity index (χ3n) is 5.04. The second kappa shape index (κ2) is 10.7. The van der Waals surface area contributed by atoms with Crippen LogP contribution in [0.3, 0.4) is 0 Å². The van der Waals surface area contributed by atoms with E-state index < -0.39 is 0 Å². The van der Waals surface area contributed by atoms with E-state index >= 15 is 0 Å². The Balaban J connectivity index is 1.61. The molecule has 34 heavy (non-hydrogen) atoms. The van der Waals surface area contributed by atoms with E-state index in [4.69, 9.17) is 31.2 Å². The molecule has 0 saturated carbocycles. The lowest BCUT2D eigenvalue weighted by molar-refractivity contribution is 0.284. The number of nitrogens with zero attached hydrogens (tertiary/aromatic N) is 3. The van der Waals surface area contributed by atoms with Crippen molar-refractivity contribution in [2.45, 2.75) is 6.61 Å². The van der Waals surface area contributed by atoms with Gasteiger partial charge in [-0.25, -0.2) is 5.10 Å². The van der Waals surface area contributed by atoms with Gasteiger partial charge in [-0.1, -0.05) is 30.3 Å². The van der Waals surface area contributed by atoms with Crippen molar-refractivity contribution in [3.05, 3.63) is 82.6 Å². The van der Waals surface area contributed by atoms with Gasteiger partial charge in [0, 0.05) is 5.56 Å². The summed E-state index contributed by atoms with van der Waals surface area (Å²) in [6.45, 7) is 0.425. The van der Waals surface area contributed by atoms with Crippen molar-refractivity contribution in [2.24, 2.45) is 5.10 Å². The summed E-state index contributed by atoms with van der Waals surface area (Å²) in [6.07, 6.45) is 1.68. The molecule has 8 nitrogen and oxygen atoms in total. The number of methoxy groups -OCH3 is 3. The van der Waals surface area contributed by atoms with Gasteiger partial charge in [0.05, 0.1) is 27.5 Å². The third kappa shape index (κ3) is 5.10. The van der Waals surface area contributed by atoms with Gasteiger partial charge in [0.1, 0.15) is 6.61 Å². The smallest absolute Gasteiger partial charge is 0.216 e. The molecule has 0 aliphatic heterocycles. The van der Waals surface area contributed by atoms with Crippen LogP contribution in [0.15, 0.2) is 71.8 Å². The Hall–Kier alpha value is -4.11. The average molecular weight is 477 g/mol. The molecule has 0 aliphatic rings. The Bertz CT molecular complexity index is 1350. The van der Waals surface area contributed by atoms with Gasteiger partial charge in [0.15, 0.2) is 28.8 Å². The van der Waals surface area contributed by atoms with Gasteiger partial charge >= 0.3 is 0 Å². The molecule has 0 spiro atoms. The zero-order chi connectivity index (χ0) is 23.9. The first-order valence-corrected chi connectivity index (χ1v) is 10.8. The van der Waals surface area contributed by atoms with E-state index in [0.717, 1.165) is 16.7 Å². The minimum Gasteiger partial charge on any atom is -0.493 e. The second-order valence-corrected chi connectivity index (χ2v) is 7.55. The highest BCUT2D eigenvalue weighted by Crippen LogP contribution is 2.32. The topological polar surface area (TPSA) is 82.9 Å². The van der Waals surface area contributed by atoms with Gasteiger partial charge in [-0.15, -0.1) is 0 Å². The molecule has 0 atom stereocenters. The second-order valence-electron chi connectivity index (χ2n) is 7.16. The number of benzene rings is 3. The maximum absolute atomic E-state index is 6.00. The number of nitrogens with one attached hydrogen (secondary N) is 1. The zero-order valence-corrected chi connectivity index (χ0v) is 19.8. The fourth-order valence-electron chi connectivity index (χ4n) is 3.31. The quantitative estimate of drug-likeness (QED) is 0.268. The molecule has 0 amide bonds. The summed E-state index contributed by atoms with van der Waals surface area (Å²) in [5, 5.41) is 11.7. The molecule has 1 heterocycles. The van der Waals surface area contributed by atoms with Crippen molar-refractivity contribution in [3.8, 4) is 34.4 Å². The van der Waals surface area contributed by atoms with Crippen molar-refractivity contribution in [1.82, 2.24) is 14.9 Å². The molecule has 0 saturated heterocycles. The summed E-state index contributed by atoms with van der Waals surface area (Å²) >= 11 is 5.39. The monoisotopic (exact) mass is 476 g/mol. The Morgan fingerprint density at radius 3 is 2.32 bits per heavy atom. The van der Waals surface area contributed by atoms with Crippen LogP contribution in [0.2, 0.25) is 0 Å². The lowest BCUT2D eigenvalue weighted by Gasteiger charge is -2.11. The van der Waals surface area contributed by atoms with Gasteiger partial charge in [-0.05, 0) is 59.7 Å². The lowest BCUT2D eigenvalue weighted by atomic mass is 10.2. The van der Waals surface area contributed by atoms with Crippen LogP contribution in [0.1, 0.15) is 11.1 Å². The third-order valence-corrected chi connectivity index (χ3v) is 5.30. The van der Waals surface area contributed by atoms with E-state index in [-0.39, 0.29) is 0 Å². The van der Waals surface area contributed by atoms with Crippen LogP contribution in [-0.2, 0) is 6.61 Å². The maximum Gasteiger partial charge on any atom is 0.216 e. The van der Waals surface area contributed by atoms with E-state index in [1.807, 2.05) is 60.7 Å². The van der Waals surface area contributed by atoms with E-state index in [0.29, 0.717) is 40.2 Å². The van der Waals surface area contributed by atoms with E-state index in [2.05, 4.69) is 15.3 Å². The summed E-state index contributed by atoms with van der Waals surface area (Å²) < 4.78 is 24.1. The molecule has 1 aromatic heterocycles. The molecule has 3 aromatic carbocycles. The molecule has 0 fully saturated rings. The fraction of sp³-hybridized carbons (Fsp3) is 0.160. The van der Waals surface area contributed by atoms with Crippen molar-refractivity contribution in [1.29, 1.82) is 0 Å². The number of hydrogen-bond donors (Lipinski definition) is 1. The summed E-state index contributed by atoms with van der Waals surface area (Å²) in [5.74, 6) is 3.00. The highest BCUT2D eigenvalue weighted by Gasteiger charge is 2.12. The number of aromatic nitrogens is 3. The molecule has 4 aromatic rings. The first-order valence-electron chi connectivity index (χ1n) is 10.4. The van der Waals surface area contributed by atoms with Crippen LogP contribution in [0.5, 0.6) is 23.0 Å². The highest BCUT2D eigenvalue weighted by atomic mass is 32.1. The molecule has 174 valence electrons. The minimum atomic E-state index is 0.357. The van der Waals surface area contributed by atoms with Gasteiger partial charge in [-0.2, -0.15) is 14.9 Å². The number of rotatable bonds is 9. The SMILES string of the molecule is COc1ccc(-c2n[nH]c(=S)n2/N=C/c2ccc(OC)c(OCc3ccccc3)c2)cc1OC. The Kier molecular flexibility index (Phi) is 7.24. The Morgan fingerprint density at radius 1 is 0.882 bits per heavy atom. The average Bonchev–Trinajstić information content (AvgIpc) is 3.26. The Morgan fingerprint density at radius 2 is 1.59 bits per heavy atom. The number of aromatic amines is 1. The molecule has 0 unspecified atom stereocenters. The maximum atomic E-state index is 6.00. The van der Waals surface area contributed by atoms with Crippen LogP contribution >= 0.6 is 12.2 Å². The van der Waals surface area contributed by atoms with Crippen molar-refractivity contribution >= 4 is 18.4 Å². The fourth-order valence-corrected chi connectivity index (χ4v) is 3.49. The lowest BCUT2D eigenvalue weighted by Crippen LogP contribution is -1.99.